The van der Waals surface area contributed by atoms with Gasteiger partial charge in [0.25, 0.3) is 5.91 Å². The van der Waals surface area contributed by atoms with Crippen LogP contribution in [0, 0.1) is 11.6 Å². The molecule has 3 heterocycles. The van der Waals surface area contributed by atoms with Crippen LogP contribution in [0.1, 0.15) is 22.8 Å². The van der Waals surface area contributed by atoms with E-state index in [9.17, 15) is 18.4 Å². The van der Waals surface area contributed by atoms with Gasteiger partial charge in [-0.25, -0.2) is 8.78 Å². The molecule has 1 fully saturated rings. The topological polar surface area (TPSA) is 75.5 Å². The Balaban J connectivity index is 1.64. The number of morpholine rings is 1. The third-order valence-electron chi connectivity index (χ3n) is 6.40. The highest BCUT2D eigenvalue weighted by molar-refractivity contribution is 5.98. The van der Waals surface area contributed by atoms with Gasteiger partial charge in [0.2, 0.25) is 0 Å². The summed E-state index contributed by atoms with van der Waals surface area (Å²) in [5.74, 6) is -1.40. The molecule has 0 bridgehead atoms. The van der Waals surface area contributed by atoms with Gasteiger partial charge in [0.1, 0.15) is 18.0 Å². The molecule has 2 aliphatic rings. The highest BCUT2D eigenvalue weighted by Crippen LogP contribution is 2.37. The average Bonchev–Trinajstić information content (AvgIpc) is 2.84. The highest BCUT2D eigenvalue weighted by Gasteiger charge is 2.26. The Hall–Kier alpha value is -3.66. The molecule has 10 heteroatoms. The Morgan fingerprint density at radius 2 is 1.92 bits per heavy atom. The fraction of sp³-hybridized carbons (Fsp3) is 0.385. The first-order valence-corrected chi connectivity index (χ1v) is 11.8. The Morgan fingerprint density at radius 3 is 2.67 bits per heavy atom. The second kappa shape index (κ2) is 9.42. The number of fused-ring (bicyclic) bond motifs is 2. The predicted molar refractivity (Wildman–Crippen MR) is 131 cm³/mol. The monoisotopic (exact) mass is 499 g/mol. The first kappa shape index (κ1) is 24.1. The van der Waals surface area contributed by atoms with Crippen molar-refractivity contribution in [2.24, 2.45) is 0 Å². The second-order valence-electron chi connectivity index (χ2n) is 9.29. The zero-order chi connectivity index (χ0) is 25.6. The molecule has 1 atom stereocenters. The van der Waals surface area contributed by atoms with Crippen molar-refractivity contribution in [3.05, 3.63) is 63.3 Å². The number of hydrogen-bond acceptors (Lipinski definition) is 7. The number of benzene rings is 2. The van der Waals surface area contributed by atoms with E-state index in [0.717, 1.165) is 6.07 Å². The molecular weight excluding hydrogens is 472 g/mol. The fourth-order valence-electron chi connectivity index (χ4n) is 4.66. The molecule has 0 spiro atoms. The lowest BCUT2D eigenvalue weighted by Crippen LogP contribution is -2.41. The Morgan fingerprint density at radius 1 is 1.11 bits per heavy atom. The van der Waals surface area contributed by atoms with Crippen LogP contribution >= 0.6 is 0 Å². The van der Waals surface area contributed by atoms with Crippen molar-refractivity contribution >= 4 is 28.4 Å². The van der Waals surface area contributed by atoms with Gasteiger partial charge in [0.05, 0.1) is 30.3 Å². The van der Waals surface area contributed by atoms with E-state index in [0.29, 0.717) is 48.8 Å². The maximum absolute atomic E-state index is 14.4. The number of amides is 1. The van der Waals surface area contributed by atoms with Gasteiger partial charge in [-0.3, -0.25) is 9.59 Å². The Bertz CT molecular complexity index is 1390. The van der Waals surface area contributed by atoms with Gasteiger partial charge in [-0.1, -0.05) is 0 Å². The zero-order valence-corrected chi connectivity index (χ0v) is 20.3. The molecule has 0 N–H and O–H groups in total. The van der Waals surface area contributed by atoms with Gasteiger partial charge < -0.3 is 28.6 Å². The number of rotatable bonds is 4. The van der Waals surface area contributed by atoms with E-state index in [1.165, 1.54) is 23.1 Å². The van der Waals surface area contributed by atoms with E-state index in [1.54, 1.807) is 25.1 Å². The molecule has 190 valence electrons. The molecule has 0 aliphatic carbocycles. The third-order valence-corrected chi connectivity index (χ3v) is 6.40. The summed E-state index contributed by atoms with van der Waals surface area (Å²) in [4.78, 5) is 31.2. The molecule has 0 radical (unpaired) electrons. The van der Waals surface area contributed by atoms with Crippen LogP contribution in [-0.2, 0) is 11.3 Å². The normalized spacial score (nSPS) is 17.6. The van der Waals surface area contributed by atoms with E-state index < -0.39 is 11.6 Å². The van der Waals surface area contributed by atoms with E-state index in [1.807, 2.05) is 11.8 Å². The number of hydrogen-bond donors (Lipinski definition) is 0. The van der Waals surface area contributed by atoms with Gasteiger partial charge in [0.15, 0.2) is 22.9 Å². The molecule has 1 amide bonds. The first-order chi connectivity index (χ1) is 17.2. The van der Waals surface area contributed by atoms with Crippen LogP contribution < -0.4 is 20.0 Å². The number of anilines is 2. The fourth-order valence-corrected chi connectivity index (χ4v) is 4.66. The lowest BCUT2D eigenvalue weighted by Gasteiger charge is -2.32. The van der Waals surface area contributed by atoms with Crippen molar-refractivity contribution < 1.29 is 27.5 Å². The van der Waals surface area contributed by atoms with Gasteiger partial charge in [-0.05, 0) is 19.1 Å². The number of carbonyl (C=O) groups excluding carboxylic acids is 1. The predicted octanol–water partition coefficient (Wildman–Crippen LogP) is 3.40. The minimum absolute atomic E-state index is 0.0195. The zero-order valence-electron chi connectivity index (χ0n) is 20.3. The van der Waals surface area contributed by atoms with Gasteiger partial charge in [-0.15, -0.1) is 0 Å². The summed E-state index contributed by atoms with van der Waals surface area (Å²) < 4.78 is 45.8. The quantitative estimate of drug-likeness (QED) is 0.545. The molecule has 36 heavy (non-hydrogen) atoms. The molecule has 1 aromatic heterocycles. The summed E-state index contributed by atoms with van der Waals surface area (Å²) in [6.07, 6.45) is -0.0195. The van der Waals surface area contributed by atoms with Crippen molar-refractivity contribution in [2.75, 3.05) is 56.7 Å². The highest BCUT2D eigenvalue weighted by atomic mass is 19.1. The van der Waals surface area contributed by atoms with Crippen molar-refractivity contribution in [3.63, 3.8) is 0 Å². The van der Waals surface area contributed by atoms with Crippen LogP contribution in [0.3, 0.4) is 0 Å². The van der Waals surface area contributed by atoms with Crippen LogP contribution in [0.15, 0.2) is 39.5 Å². The molecule has 2 aromatic carbocycles. The van der Waals surface area contributed by atoms with Crippen LogP contribution in [-0.4, -0.2) is 63.9 Å². The van der Waals surface area contributed by atoms with E-state index in [2.05, 4.69) is 0 Å². The summed E-state index contributed by atoms with van der Waals surface area (Å²) in [5.41, 5.74) is 1.19. The number of carbonyl (C=O) groups is 1. The van der Waals surface area contributed by atoms with Crippen molar-refractivity contribution in [3.8, 4) is 5.75 Å². The summed E-state index contributed by atoms with van der Waals surface area (Å²) in [7, 11) is 3.25. The molecule has 8 nitrogen and oxygen atoms in total. The second-order valence-corrected chi connectivity index (χ2v) is 9.29. The lowest BCUT2D eigenvalue weighted by atomic mass is 10.0. The van der Waals surface area contributed by atoms with E-state index >= 15 is 0 Å². The summed E-state index contributed by atoms with van der Waals surface area (Å²) >= 11 is 0. The third kappa shape index (κ3) is 4.48. The largest absolute Gasteiger partial charge is 0.486 e. The maximum Gasteiger partial charge on any atom is 0.253 e. The number of halogens is 2. The van der Waals surface area contributed by atoms with Gasteiger partial charge >= 0.3 is 0 Å². The summed E-state index contributed by atoms with van der Waals surface area (Å²) in [6.45, 7) is 4.30. The molecule has 2 aliphatic heterocycles. The van der Waals surface area contributed by atoms with Crippen LogP contribution in [0.4, 0.5) is 20.4 Å². The molecule has 3 aromatic rings. The van der Waals surface area contributed by atoms with E-state index in [-0.39, 0.29) is 47.4 Å². The van der Waals surface area contributed by atoms with E-state index in [4.69, 9.17) is 13.9 Å². The van der Waals surface area contributed by atoms with Crippen molar-refractivity contribution in [1.29, 1.82) is 0 Å². The molecule has 5 rings (SSSR count). The molecular formula is C26H27F2N3O5. The van der Waals surface area contributed by atoms with Crippen LogP contribution in [0.25, 0.3) is 11.0 Å². The minimum atomic E-state index is -0.786. The number of ether oxygens (including phenoxy) is 2. The summed E-state index contributed by atoms with van der Waals surface area (Å²) in [6, 6.07) is 6.63. The average molecular weight is 500 g/mol. The van der Waals surface area contributed by atoms with Crippen molar-refractivity contribution in [2.45, 2.75) is 19.6 Å². The standard InChI is InChI=1S/C26H27F2N3O5/c1-15-13-31(5-6-34-15)23-12-22(32)19-9-16(26(33)29(2)3)8-17(24(19)36-23)14-30-4-7-35-25-20(28)10-18(27)11-21(25)30/h8-12,15H,4-7,13-14H2,1-3H3/t15-/m1/s1. The lowest BCUT2D eigenvalue weighted by molar-refractivity contribution is 0.0517. The smallest absolute Gasteiger partial charge is 0.253 e. The van der Waals surface area contributed by atoms with Gasteiger partial charge in [0, 0.05) is 63.1 Å². The van der Waals surface area contributed by atoms with Crippen LogP contribution in [0.2, 0.25) is 0 Å². The SMILES string of the molecule is C[C@@H]1CN(c2cc(=O)c3cc(C(=O)N(C)C)cc(CN4CCOc5c(F)cc(F)cc54)c3o2)CCO1. The molecule has 1 saturated heterocycles. The molecule has 0 saturated carbocycles. The minimum Gasteiger partial charge on any atom is -0.486 e. The summed E-state index contributed by atoms with van der Waals surface area (Å²) in [5, 5.41) is 0.265. The number of nitrogens with zero attached hydrogens (tertiary/aromatic N) is 3. The Kier molecular flexibility index (Phi) is 6.29. The van der Waals surface area contributed by atoms with Gasteiger partial charge in [-0.2, -0.15) is 0 Å². The van der Waals surface area contributed by atoms with Crippen molar-refractivity contribution in [1.82, 2.24) is 4.90 Å². The van der Waals surface area contributed by atoms with Crippen LogP contribution in [0.5, 0.6) is 5.75 Å². The first-order valence-electron chi connectivity index (χ1n) is 11.8. The Labute approximate surface area is 206 Å². The molecule has 0 unspecified atom stereocenters. The maximum atomic E-state index is 14.4.